The summed E-state index contributed by atoms with van der Waals surface area (Å²) in [6.07, 6.45) is 0.591. The van der Waals surface area contributed by atoms with Gasteiger partial charge in [-0.05, 0) is 38.0 Å². The number of hydrogen-bond acceptors (Lipinski definition) is 5. The van der Waals surface area contributed by atoms with Crippen LogP contribution < -0.4 is 9.47 Å². The molecule has 0 aliphatic heterocycles. The van der Waals surface area contributed by atoms with Gasteiger partial charge in [0.05, 0.1) is 19.9 Å². The highest BCUT2D eigenvalue weighted by Gasteiger charge is 2.26. The monoisotopic (exact) mass is 367 g/mol. The Hall–Kier alpha value is -2.06. The minimum absolute atomic E-state index is 0.0940. The van der Waals surface area contributed by atoms with Crippen LogP contribution in [-0.2, 0) is 23.5 Å². The minimum atomic E-state index is -3.70. The van der Waals surface area contributed by atoms with E-state index in [4.69, 9.17) is 9.47 Å². The van der Waals surface area contributed by atoms with Crippen molar-refractivity contribution >= 4 is 10.0 Å². The average Bonchev–Trinajstić information content (AvgIpc) is 2.84. The van der Waals surface area contributed by atoms with Crippen LogP contribution in [0.3, 0.4) is 0 Å². The van der Waals surface area contributed by atoms with E-state index in [1.165, 1.54) is 24.6 Å². The summed E-state index contributed by atoms with van der Waals surface area (Å²) in [7, 11) is 2.69. The van der Waals surface area contributed by atoms with Gasteiger partial charge in [-0.2, -0.15) is 5.10 Å². The largest absolute Gasteiger partial charge is 0.497 e. The third-order valence-electron chi connectivity index (χ3n) is 4.39. The second kappa shape index (κ2) is 7.45. The van der Waals surface area contributed by atoms with Crippen LogP contribution in [0.5, 0.6) is 11.5 Å². The molecule has 0 unspecified atom stereocenters. The van der Waals surface area contributed by atoms with Crippen molar-refractivity contribution in [1.82, 2.24) is 14.1 Å². The van der Waals surface area contributed by atoms with Crippen molar-refractivity contribution in [3.63, 3.8) is 0 Å². The molecule has 0 spiro atoms. The van der Waals surface area contributed by atoms with Gasteiger partial charge >= 0.3 is 0 Å². The summed E-state index contributed by atoms with van der Waals surface area (Å²) in [5.41, 5.74) is 3.04. The van der Waals surface area contributed by atoms with E-state index in [0.717, 1.165) is 17.0 Å². The maximum Gasteiger partial charge on any atom is 0.246 e. The van der Waals surface area contributed by atoms with Crippen molar-refractivity contribution in [3.05, 3.63) is 35.2 Å². The molecular formula is C17H25N3O4S. The number of aryl methyl sites for hydroxylation is 2. The van der Waals surface area contributed by atoms with Crippen LogP contribution in [-0.4, -0.2) is 50.3 Å². The molecule has 0 saturated carbocycles. The highest BCUT2D eigenvalue weighted by atomic mass is 32.2. The van der Waals surface area contributed by atoms with Crippen LogP contribution in [0.25, 0.3) is 0 Å². The Labute approximate surface area is 149 Å². The van der Waals surface area contributed by atoms with Gasteiger partial charge in [-0.25, -0.2) is 12.7 Å². The van der Waals surface area contributed by atoms with Crippen LogP contribution in [0.15, 0.2) is 23.1 Å². The third kappa shape index (κ3) is 3.80. The van der Waals surface area contributed by atoms with Gasteiger partial charge < -0.3 is 9.47 Å². The lowest BCUT2D eigenvalue weighted by Gasteiger charge is -2.19. The number of aromatic nitrogens is 2. The highest BCUT2D eigenvalue weighted by Crippen LogP contribution is 2.30. The van der Waals surface area contributed by atoms with E-state index in [-0.39, 0.29) is 4.90 Å². The number of sulfonamides is 1. The molecule has 0 N–H and O–H groups in total. The topological polar surface area (TPSA) is 73.7 Å². The molecule has 1 aromatic heterocycles. The number of hydrogen-bond donors (Lipinski definition) is 0. The predicted octanol–water partition coefficient (Wildman–Crippen LogP) is 1.92. The SMILES string of the molecule is COc1ccc(OC)c(S(=O)(=O)N(C)CCc2c(C)nn(C)c2C)c1. The maximum atomic E-state index is 12.9. The van der Waals surface area contributed by atoms with E-state index >= 15 is 0 Å². The predicted molar refractivity (Wildman–Crippen MR) is 95.7 cm³/mol. The number of methoxy groups -OCH3 is 2. The Morgan fingerprint density at radius 3 is 2.40 bits per heavy atom. The fourth-order valence-corrected chi connectivity index (χ4v) is 4.06. The fourth-order valence-electron chi connectivity index (χ4n) is 2.72. The summed E-state index contributed by atoms with van der Waals surface area (Å²) in [4.78, 5) is 0.0940. The number of benzene rings is 1. The second-order valence-corrected chi connectivity index (χ2v) is 7.88. The molecule has 0 amide bonds. The summed E-state index contributed by atoms with van der Waals surface area (Å²) in [5.74, 6) is 0.758. The molecular weight excluding hydrogens is 342 g/mol. The second-order valence-electron chi connectivity index (χ2n) is 5.87. The lowest BCUT2D eigenvalue weighted by molar-refractivity contribution is 0.388. The Balaban J connectivity index is 2.27. The van der Waals surface area contributed by atoms with Crippen LogP contribution >= 0.6 is 0 Å². The first-order valence-electron chi connectivity index (χ1n) is 7.89. The zero-order valence-corrected chi connectivity index (χ0v) is 16.3. The highest BCUT2D eigenvalue weighted by molar-refractivity contribution is 7.89. The molecule has 7 nitrogen and oxygen atoms in total. The zero-order chi connectivity index (χ0) is 18.8. The third-order valence-corrected chi connectivity index (χ3v) is 6.27. The van der Waals surface area contributed by atoms with Crippen LogP contribution in [0.4, 0.5) is 0 Å². The molecule has 25 heavy (non-hydrogen) atoms. The van der Waals surface area contributed by atoms with Gasteiger partial charge in [0, 0.05) is 32.4 Å². The van der Waals surface area contributed by atoms with Gasteiger partial charge in [0.1, 0.15) is 16.4 Å². The van der Waals surface area contributed by atoms with Gasteiger partial charge in [0.2, 0.25) is 10.0 Å². The average molecular weight is 367 g/mol. The number of ether oxygens (including phenoxy) is 2. The molecule has 1 heterocycles. The first kappa shape index (κ1) is 19.3. The van der Waals surface area contributed by atoms with Crippen LogP contribution in [0.2, 0.25) is 0 Å². The van der Waals surface area contributed by atoms with Crippen molar-refractivity contribution in [2.75, 3.05) is 27.8 Å². The van der Waals surface area contributed by atoms with E-state index < -0.39 is 10.0 Å². The lowest BCUT2D eigenvalue weighted by Crippen LogP contribution is -2.29. The van der Waals surface area contributed by atoms with E-state index in [1.54, 1.807) is 19.2 Å². The normalized spacial score (nSPS) is 11.8. The summed E-state index contributed by atoms with van der Waals surface area (Å²) in [6.45, 7) is 4.26. The summed E-state index contributed by atoms with van der Waals surface area (Å²) < 4.78 is 39.4. The molecule has 1 aromatic carbocycles. The molecule has 0 fully saturated rings. The first-order valence-corrected chi connectivity index (χ1v) is 9.33. The molecule has 0 bridgehead atoms. The quantitative estimate of drug-likeness (QED) is 0.747. The van der Waals surface area contributed by atoms with E-state index in [9.17, 15) is 8.42 Å². The molecule has 0 radical (unpaired) electrons. The molecule has 0 aliphatic carbocycles. The molecule has 2 rings (SSSR count). The van der Waals surface area contributed by atoms with Gasteiger partial charge in [0.15, 0.2) is 0 Å². The molecule has 0 saturated heterocycles. The van der Waals surface area contributed by atoms with Crippen molar-refractivity contribution < 1.29 is 17.9 Å². The smallest absolute Gasteiger partial charge is 0.246 e. The van der Waals surface area contributed by atoms with Crippen LogP contribution in [0.1, 0.15) is 17.0 Å². The van der Waals surface area contributed by atoms with Crippen molar-refractivity contribution in [3.8, 4) is 11.5 Å². The fraction of sp³-hybridized carbons (Fsp3) is 0.471. The van der Waals surface area contributed by atoms with Crippen molar-refractivity contribution in [1.29, 1.82) is 0 Å². The van der Waals surface area contributed by atoms with Crippen molar-refractivity contribution in [2.45, 2.75) is 25.2 Å². The molecule has 2 aromatic rings. The number of rotatable bonds is 7. The Kier molecular flexibility index (Phi) is 5.74. The van der Waals surface area contributed by atoms with E-state index in [0.29, 0.717) is 24.5 Å². The lowest BCUT2D eigenvalue weighted by atomic mass is 10.1. The Bertz CT molecular complexity index is 859. The standard InChI is InChI=1S/C17H25N3O4S/c1-12-15(13(2)20(4)18-12)9-10-19(3)25(21,22)17-11-14(23-5)7-8-16(17)24-6/h7-8,11H,9-10H2,1-6H3. The summed E-state index contributed by atoms with van der Waals surface area (Å²) in [5, 5.41) is 4.37. The van der Waals surface area contributed by atoms with Gasteiger partial charge in [0.25, 0.3) is 0 Å². The molecule has 138 valence electrons. The molecule has 0 atom stereocenters. The minimum Gasteiger partial charge on any atom is -0.497 e. The maximum absolute atomic E-state index is 12.9. The number of nitrogens with zero attached hydrogens (tertiary/aromatic N) is 3. The van der Waals surface area contributed by atoms with Gasteiger partial charge in [-0.1, -0.05) is 0 Å². The summed E-state index contributed by atoms with van der Waals surface area (Å²) in [6, 6.07) is 4.74. The van der Waals surface area contributed by atoms with Crippen LogP contribution in [0, 0.1) is 13.8 Å². The van der Waals surface area contributed by atoms with Gasteiger partial charge in [-0.15, -0.1) is 0 Å². The molecule has 0 aliphatic rings. The Morgan fingerprint density at radius 1 is 1.20 bits per heavy atom. The molecule has 8 heteroatoms. The van der Waals surface area contributed by atoms with E-state index in [2.05, 4.69) is 5.10 Å². The summed E-state index contributed by atoms with van der Waals surface area (Å²) >= 11 is 0. The number of likely N-dealkylation sites (N-methyl/N-ethyl adjacent to an activating group) is 1. The van der Waals surface area contributed by atoms with E-state index in [1.807, 2.05) is 25.6 Å². The first-order chi connectivity index (χ1) is 11.7. The zero-order valence-electron chi connectivity index (χ0n) is 15.5. The van der Waals surface area contributed by atoms with Crippen molar-refractivity contribution in [2.24, 2.45) is 7.05 Å². The Morgan fingerprint density at radius 2 is 1.88 bits per heavy atom. The van der Waals surface area contributed by atoms with Gasteiger partial charge in [-0.3, -0.25) is 4.68 Å².